The summed E-state index contributed by atoms with van der Waals surface area (Å²) in [5.41, 5.74) is 0.228. The molecule has 3 atom stereocenters. The molecule has 2 aromatic carbocycles. The minimum absolute atomic E-state index is 0.150. The Bertz CT molecular complexity index is 1230. The van der Waals surface area contributed by atoms with Crippen molar-refractivity contribution in [3.05, 3.63) is 64.3 Å². The third kappa shape index (κ3) is 2.60. The topological polar surface area (TPSA) is 75.0 Å². The van der Waals surface area contributed by atoms with E-state index in [-0.39, 0.29) is 17.3 Å². The molecular weight excluding hydrogens is 384 g/mol. The normalized spacial score (nSPS) is 26.1. The lowest BCUT2D eigenvalue weighted by molar-refractivity contribution is -0.178. The van der Waals surface area contributed by atoms with Crippen LogP contribution >= 0.6 is 0 Å². The number of carbonyl (C=O) groups excluding carboxylic acids is 1. The van der Waals surface area contributed by atoms with Crippen LogP contribution in [-0.2, 0) is 14.3 Å². The van der Waals surface area contributed by atoms with Gasteiger partial charge in [0.2, 0.25) is 6.29 Å². The summed E-state index contributed by atoms with van der Waals surface area (Å²) in [6.07, 6.45) is -0.611. The lowest BCUT2D eigenvalue weighted by atomic mass is 9.76. The Balaban J connectivity index is 1.68. The summed E-state index contributed by atoms with van der Waals surface area (Å²) in [5, 5.41) is 0.432. The SMILES string of the molecule is CC(=O)OC1(C)C2c3cc4oc(-c5ccccc5)cc(=O)c4cc3OC2OC1(C)C. The fraction of sp³-hybridized carbons (Fsp3) is 0.333. The second kappa shape index (κ2) is 6.19. The Morgan fingerprint density at radius 1 is 1.07 bits per heavy atom. The van der Waals surface area contributed by atoms with Gasteiger partial charge in [-0.2, -0.15) is 0 Å². The molecule has 6 nitrogen and oxygen atoms in total. The summed E-state index contributed by atoms with van der Waals surface area (Å²) in [6.45, 7) is 7.01. The number of ether oxygens (including phenoxy) is 3. The smallest absolute Gasteiger partial charge is 0.303 e. The first-order chi connectivity index (χ1) is 14.2. The first kappa shape index (κ1) is 18.9. The van der Waals surface area contributed by atoms with Crippen molar-refractivity contribution in [2.24, 2.45) is 0 Å². The molecule has 0 radical (unpaired) electrons. The number of hydrogen-bond donors (Lipinski definition) is 0. The van der Waals surface area contributed by atoms with Gasteiger partial charge in [-0.15, -0.1) is 0 Å². The molecule has 0 spiro atoms. The predicted octanol–water partition coefficient (Wildman–Crippen LogP) is 4.39. The van der Waals surface area contributed by atoms with Gasteiger partial charge in [-0.1, -0.05) is 30.3 Å². The van der Waals surface area contributed by atoms with Gasteiger partial charge in [-0.25, -0.2) is 0 Å². The number of carbonyl (C=O) groups is 1. The zero-order valence-corrected chi connectivity index (χ0v) is 17.2. The van der Waals surface area contributed by atoms with Crippen molar-refractivity contribution in [1.29, 1.82) is 0 Å². The van der Waals surface area contributed by atoms with Crippen LogP contribution in [0, 0.1) is 0 Å². The average Bonchev–Trinajstić information content (AvgIpc) is 3.11. The maximum atomic E-state index is 12.8. The van der Waals surface area contributed by atoms with Crippen molar-refractivity contribution in [1.82, 2.24) is 0 Å². The standard InChI is InChI=1S/C24H22O6/c1-13(25)29-24(4)21-16-11-19-15(10-20(16)28-22(21)30-23(24,2)3)17(26)12-18(27-19)14-8-6-5-7-9-14/h5-12,21-22H,1-4H3. The first-order valence-electron chi connectivity index (χ1n) is 9.91. The van der Waals surface area contributed by atoms with Gasteiger partial charge in [0, 0.05) is 24.1 Å². The zero-order valence-electron chi connectivity index (χ0n) is 17.2. The van der Waals surface area contributed by atoms with Crippen molar-refractivity contribution in [3.63, 3.8) is 0 Å². The van der Waals surface area contributed by atoms with E-state index in [2.05, 4.69) is 0 Å². The van der Waals surface area contributed by atoms with Gasteiger partial charge in [-0.05, 0) is 32.9 Å². The molecule has 1 saturated heterocycles. The molecule has 3 unspecified atom stereocenters. The van der Waals surface area contributed by atoms with Crippen LogP contribution in [-0.4, -0.2) is 23.5 Å². The second-order valence-corrected chi connectivity index (χ2v) is 8.52. The zero-order chi connectivity index (χ0) is 21.3. The molecule has 154 valence electrons. The number of rotatable bonds is 2. The van der Waals surface area contributed by atoms with E-state index in [0.717, 1.165) is 11.1 Å². The molecular formula is C24H22O6. The van der Waals surface area contributed by atoms with Crippen molar-refractivity contribution >= 4 is 16.9 Å². The highest BCUT2D eigenvalue weighted by atomic mass is 16.7. The van der Waals surface area contributed by atoms with E-state index in [1.165, 1.54) is 13.0 Å². The molecule has 0 aliphatic carbocycles. The number of benzene rings is 2. The minimum atomic E-state index is -0.945. The third-order valence-electron chi connectivity index (χ3n) is 6.32. The van der Waals surface area contributed by atoms with Crippen LogP contribution in [0.2, 0.25) is 0 Å². The molecule has 3 heterocycles. The van der Waals surface area contributed by atoms with Crippen LogP contribution in [0.3, 0.4) is 0 Å². The van der Waals surface area contributed by atoms with Crippen molar-refractivity contribution < 1.29 is 23.4 Å². The fourth-order valence-electron chi connectivity index (χ4n) is 4.54. The maximum Gasteiger partial charge on any atom is 0.303 e. The van der Waals surface area contributed by atoms with Crippen LogP contribution in [0.1, 0.15) is 39.2 Å². The van der Waals surface area contributed by atoms with Gasteiger partial charge in [0.15, 0.2) is 11.0 Å². The summed E-state index contributed by atoms with van der Waals surface area (Å²) < 4.78 is 24.0. The van der Waals surface area contributed by atoms with E-state index in [1.54, 1.807) is 6.07 Å². The molecule has 1 aromatic heterocycles. The summed E-state index contributed by atoms with van der Waals surface area (Å²) in [6, 6.07) is 14.5. The minimum Gasteiger partial charge on any atom is -0.464 e. The third-order valence-corrected chi connectivity index (χ3v) is 6.32. The molecule has 0 bridgehead atoms. The predicted molar refractivity (Wildman–Crippen MR) is 110 cm³/mol. The Hall–Kier alpha value is -3.12. The highest BCUT2D eigenvalue weighted by Crippen LogP contribution is 2.57. The van der Waals surface area contributed by atoms with Crippen LogP contribution in [0.4, 0.5) is 0 Å². The van der Waals surface area contributed by atoms with Crippen molar-refractivity contribution in [2.45, 2.75) is 51.1 Å². The van der Waals surface area contributed by atoms with Gasteiger partial charge in [0.1, 0.15) is 22.7 Å². The molecule has 6 heteroatoms. The Morgan fingerprint density at radius 3 is 2.50 bits per heavy atom. The Labute approximate surface area is 173 Å². The Morgan fingerprint density at radius 2 is 1.80 bits per heavy atom. The molecule has 3 aromatic rings. The molecule has 0 saturated carbocycles. The largest absolute Gasteiger partial charge is 0.464 e. The lowest BCUT2D eigenvalue weighted by Gasteiger charge is -2.38. The number of esters is 1. The highest BCUT2D eigenvalue weighted by molar-refractivity contribution is 5.82. The van der Waals surface area contributed by atoms with E-state index in [0.29, 0.717) is 22.5 Å². The van der Waals surface area contributed by atoms with Gasteiger partial charge >= 0.3 is 5.97 Å². The van der Waals surface area contributed by atoms with E-state index in [1.807, 2.05) is 57.2 Å². The van der Waals surface area contributed by atoms with Gasteiger partial charge < -0.3 is 18.6 Å². The lowest BCUT2D eigenvalue weighted by Crippen LogP contribution is -2.50. The van der Waals surface area contributed by atoms with E-state index < -0.39 is 17.5 Å². The van der Waals surface area contributed by atoms with Crippen molar-refractivity contribution in [3.8, 4) is 17.1 Å². The van der Waals surface area contributed by atoms with Crippen molar-refractivity contribution in [2.75, 3.05) is 0 Å². The summed E-state index contributed by atoms with van der Waals surface area (Å²) >= 11 is 0. The molecule has 2 aliphatic heterocycles. The molecule has 2 aliphatic rings. The quantitative estimate of drug-likeness (QED) is 0.588. The molecule has 30 heavy (non-hydrogen) atoms. The molecule has 5 rings (SSSR count). The van der Waals surface area contributed by atoms with Crippen LogP contribution < -0.4 is 10.2 Å². The number of hydrogen-bond acceptors (Lipinski definition) is 6. The Kier molecular flexibility index (Phi) is 3.89. The van der Waals surface area contributed by atoms with Gasteiger partial charge in [0.05, 0.1) is 11.3 Å². The molecule has 0 N–H and O–H groups in total. The monoisotopic (exact) mass is 406 g/mol. The average molecular weight is 406 g/mol. The fourth-order valence-corrected chi connectivity index (χ4v) is 4.54. The van der Waals surface area contributed by atoms with Crippen LogP contribution in [0.5, 0.6) is 5.75 Å². The summed E-state index contributed by atoms with van der Waals surface area (Å²) in [4.78, 5) is 24.7. The van der Waals surface area contributed by atoms with Crippen LogP contribution in [0.25, 0.3) is 22.3 Å². The van der Waals surface area contributed by atoms with Gasteiger partial charge in [0.25, 0.3) is 0 Å². The van der Waals surface area contributed by atoms with E-state index in [9.17, 15) is 9.59 Å². The molecule has 0 amide bonds. The second-order valence-electron chi connectivity index (χ2n) is 8.52. The summed E-state index contributed by atoms with van der Waals surface area (Å²) in [7, 11) is 0. The molecule has 1 fully saturated rings. The van der Waals surface area contributed by atoms with E-state index in [4.69, 9.17) is 18.6 Å². The first-order valence-corrected chi connectivity index (χ1v) is 9.91. The highest BCUT2D eigenvalue weighted by Gasteiger charge is 2.65. The summed E-state index contributed by atoms with van der Waals surface area (Å²) in [5.74, 6) is 0.309. The maximum absolute atomic E-state index is 12.8. The van der Waals surface area contributed by atoms with Crippen LogP contribution in [0.15, 0.2) is 57.7 Å². The number of fused-ring (bicyclic) bond motifs is 4. The van der Waals surface area contributed by atoms with E-state index >= 15 is 0 Å². The van der Waals surface area contributed by atoms with Gasteiger partial charge in [-0.3, -0.25) is 9.59 Å².